The predicted octanol–water partition coefficient (Wildman–Crippen LogP) is 5.50. The second-order valence-corrected chi connectivity index (χ2v) is 26.2. The lowest BCUT2D eigenvalue weighted by Gasteiger charge is -2.23. The summed E-state index contributed by atoms with van der Waals surface area (Å²) in [6.45, 7) is 30.9. The molecule has 9 aliphatic heterocycles. The summed E-state index contributed by atoms with van der Waals surface area (Å²) in [5.74, 6) is 4.13. The first-order valence-electron chi connectivity index (χ1n) is 28.8. The number of aliphatic hydroxyl groups excluding tert-OH is 1. The lowest BCUT2D eigenvalue weighted by atomic mass is 9.80. The Hall–Kier alpha value is -4.89. The topological polar surface area (TPSA) is 297 Å². The van der Waals surface area contributed by atoms with Gasteiger partial charge in [0.15, 0.2) is 5.60 Å². The number of carbonyl (C=O) groups excluding carboxylic acids is 9. The van der Waals surface area contributed by atoms with E-state index in [0.717, 1.165) is 25.2 Å². The van der Waals surface area contributed by atoms with Gasteiger partial charge in [0.05, 0.1) is 94.1 Å². The Labute approximate surface area is 471 Å². The monoisotopic (exact) mass is 1140 g/mol. The van der Waals surface area contributed by atoms with Gasteiger partial charge < -0.3 is 58.0 Å². The highest BCUT2D eigenvalue weighted by atomic mass is 16.6. The highest BCUT2D eigenvalue weighted by Crippen LogP contribution is 2.66. The molecular formula is C59H92O21. The van der Waals surface area contributed by atoms with Crippen LogP contribution in [0.4, 0.5) is 0 Å². The van der Waals surface area contributed by atoms with Crippen molar-refractivity contribution in [2.45, 2.75) is 178 Å². The summed E-state index contributed by atoms with van der Waals surface area (Å²) in [4.78, 5) is 96.0. The molecule has 21 nitrogen and oxygen atoms in total. The van der Waals surface area contributed by atoms with Crippen molar-refractivity contribution in [3.8, 4) is 0 Å². The van der Waals surface area contributed by atoms with Crippen molar-refractivity contribution in [1.29, 1.82) is 0 Å². The molecule has 3 N–H and O–H groups in total. The molecule has 0 aromatic heterocycles. The van der Waals surface area contributed by atoms with E-state index in [1.807, 2.05) is 48.5 Å². The van der Waals surface area contributed by atoms with Crippen LogP contribution >= 0.6 is 0 Å². The Balaban J connectivity index is 0.000000167. The molecule has 4 bridgehead atoms. The van der Waals surface area contributed by atoms with Crippen LogP contribution in [-0.4, -0.2) is 145 Å². The van der Waals surface area contributed by atoms with Crippen LogP contribution in [0.15, 0.2) is 0 Å². The van der Waals surface area contributed by atoms with E-state index in [9.17, 15) is 43.2 Å². The van der Waals surface area contributed by atoms with Gasteiger partial charge in [-0.2, -0.15) is 0 Å². The molecule has 13 fully saturated rings. The molecule has 0 radical (unpaired) electrons. The molecule has 4 saturated carbocycles. The first-order valence-corrected chi connectivity index (χ1v) is 28.8. The molecule has 4 aliphatic carbocycles. The molecular weight excluding hydrogens is 1040 g/mol. The van der Waals surface area contributed by atoms with Gasteiger partial charge >= 0.3 is 53.7 Å². The highest BCUT2D eigenvalue weighted by Gasteiger charge is 2.69. The Morgan fingerprint density at radius 2 is 1.15 bits per heavy atom. The molecule has 0 spiro atoms. The van der Waals surface area contributed by atoms with Crippen LogP contribution in [0.3, 0.4) is 0 Å². The van der Waals surface area contributed by atoms with Crippen molar-refractivity contribution in [1.82, 2.24) is 0 Å². The maximum atomic E-state index is 11.5. The van der Waals surface area contributed by atoms with Crippen molar-refractivity contribution < 1.29 is 101 Å². The molecule has 13 rings (SSSR count). The molecule has 0 amide bonds. The van der Waals surface area contributed by atoms with Crippen LogP contribution in [-0.2, 0) is 85.8 Å². The van der Waals surface area contributed by atoms with Crippen LogP contribution in [0.5, 0.6) is 0 Å². The van der Waals surface area contributed by atoms with Crippen LogP contribution in [0.1, 0.15) is 148 Å². The predicted molar refractivity (Wildman–Crippen MR) is 282 cm³/mol. The number of ether oxygens (including phenoxy) is 9. The summed E-state index contributed by atoms with van der Waals surface area (Å²) in [7, 11) is 0. The third-order valence-corrected chi connectivity index (χ3v) is 18.7. The van der Waals surface area contributed by atoms with Crippen molar-refractivity contribution in [3.05, 3.63) is 0 Å². The van der Waals surface area contributed by atoms with Crippen molar-refractivity contribution in [3.63, 3.8) is 0 Å². The molecule has 13 aliphatic rings. The zero-order valence-electron chi connectivity index (χ0n) is 49.6. The van der Waals surface area contributed by atoms with Gasteiger partial charge in [-0.1, -0.05) is 76.2 Å². The van der Waals surface area contributed by atoms with Gasteiger partial charge in [-0.25, -0.2) is 4.79 Å². The summed E-state index contributed by atoms with van der Waals surface area (Å²) in [5, 5.41) is 27.1. The van der Waals surface area contributed by atoms with Crippen molar-refractivity contribution in [2.75, 3.05) is 46.2 Å². The number of carbonyl (C=O) groups is 9. The summed E-state index contributed by atoms with van der Waals surface area (Å²) >= 11 is 0. The van der Waals surface area contributed by atoms with Gasteiger partial charge in [-0.3, -0.25) is 38.4 Å². The number of esters is 9. The average molecular weight is 1140 g/mol. The summed E-state index contributed by atoms with van der Waals surface area (Å²) in [6, 6.07) is 0. The fraction of sp³-hybridized carbons (Fsp3) is 0.847. The van der Waals surface area contributed by atoms with E-state index in [2.05, 4.69) is 51.4 Å². The molecule has 9 heterocycles. The zero-order chi connectivity index (χ0) is 60.0. The molecule has 19 atom stereocenters. The molecule has 454 valence electrons. The number of hydrogen-bond acceptors (Lipinski definition) is 21. The smallest absolute Gasteiger partial charge is 0.337 e. The van der Waals surface area contributed by atoms with Gasteiger partial charge in [-0.15, -0.1) is 0 Å². The second kappa shape index (κ2) is 27.0. The minimum Gasteiger partial charge on any atom is -0.465 e. The third kappa shape index (κ3) is 16.2. The van der Waals surface area contributed by atoms with Crippen LogP contribution in [0.2, 0.25) is 0 Å². The Morgan fingerprint density at radius 1 is 0.537 bits per heavy atom. The first kappa shape index (κ1) is 65.9. The fourth-order valence-corrected chi connectivity index (χ4v) is 12.3. The number of cyclic esters (lactones) is 7. The van der Waals surface area contributed by atoms with E-state index in [0.29, 0.717) is 118 Å². The summed E-state index contributed by atoms with van der Waals surface area (Å²) in [5.41, 5.74) is -1.73. The number of rotatable bonds is 0. The third-order valence-electron chi connectivity index (χ3n) is 18.7. The standard InChI is InChI=1S/C11H16O2.C9H12O2.C7H12O2.C6H10O3.C6H10O2.2C5H8O3.2C5H8O2/c1-5-7-4-6-8(11(7,2)3)9(5)13-10(6)12;1-4-5-2-6-7(3-5)9(10)11-8(4)6;1-5-6(8)9-4-7(5,2)3;1-4-5(7)2-3-9-6(4)8;1-4-3-8-6(7)5(4)2;1-5(7)2-4(6)8-3-5;1-5(7)2-3-8-4(5)6;1-4-2-5(6)7-3-4;1-4-2-3-7-5(4)6/h5-9H,4H2,1-3H3;4-8H,2-3H2,1H3;5H,4H2,1-3H3;4-5,7H,2-3H2,1H3;4-5H,3H2,1-2H3;2*7H,2-3H2,1H3;2*4H,2-3H2,1H3. The molecule has 0 aromatic rings. The summed E-state index contributed by atoms with van der Waals surface area (Å²) < 4.78 is 43.2. The number of fused-ring (bicyclic) bond motifs is 2. The largest absolute Gasteiger partial charge is 0.465 e. The van der Waals surface area contributed by atoms with Gasteiger partial charge in [0.25, 0.3) is 0 Å². The minimum atomic E-state index is -1.21. The molecule has 21 heteroatoms. The Morgan fingerprint density at radius 3 is 1.45 bits per heavy atom. The fourth-order valence-electron chi connectivity index (χ4n) is 12.3. The van der Waals surface area contributed by atoms with E-state index in [-0.39, 0.29) is 102 Å². The highest BCUT2D eigenvalue weighted by molar-refractivity contribution is 5.80. The quantitative estimate of drug-likeness (QED) is 0.199. The van der Waals surface area contributed by atoms with Gasteiger partial charge in [0, 0.05) is 41.9 Å². The molecule has 9 saturated heterocycles. The van der Waals surface area contributed by atoms with Gasteiger partial charge in [-0.05, 0) is 75.5 Å². The summed E-state index contributed by atoms with van der Waals surface area (Å²) in [6.07, 6.45) is 6.13. The van der Waals surface area contributed by atoms with E-state index in [4.69, 9.17) is 34.3 Å². The molecule has 0 aromatic carbocycles. The molecule has 80 heavy (non-hydrogen) atoms. The second-order valence-electron chi connectivity index (χ2n) is 26.2. The van der Waals surface area contributed by atoms with Crippen LogP contribution in [0.25, 0.3) is 0 Å². The van der Waals surface area contributed by atoms with Gasteiger partial charge in [0.1, 0.15) is 24.4 Å². The lowest BCUT2D eigenvalue weighted by molar-refractivity contribution is -0.159. The maximum absolute atomic E-state index is 11.5. The van der Waals surface area contributed by atoms with E-state index < -0.39 is 23.3 Å². The minimum absolute atomic E-state index is 0.0417. The maximum Gasteiger partial charge on any atom is 0.337 e. The Kier molecular flexibility index (Phi) is 22.3. The first-order chi connectivity index (χ1) is 37.1. The van der Waals surface area contributed by atoms with Crippen LogP contribution < -0.4 is 0 Å². The normalized spacial score (nSPS) is 41.4. The Bertz CT molecular complexity index is 2230. The van der Waals surface area contributed by atoms with Crippen molar-refractivity contribution >= 4 is 53.7 Å². The molecule has 19 unspecified atom stereocenters. The van der Waals surface area contributed by atoms with Crippen LogP contribution in [0, 0.1) is 93.7 Å². The van der Waals surface area contributed by atoms with E-state index in [1.165, 1.54) is 13.3 Å². The van der Waals surface area contributed by atoms with Gasteiger partial charge in [0.2, 0.25) is 0 Å². The average Bonchev–Trinajstić information content (AvgIpc) is 4.31. The van der Waals surface area contributed by atoms with E-state index in [1.54, 1.807) is 13.8 Å². The number of hydrogen-bond donors (Lipinski definition) is 3. The van der Waals surface area contributed by atoms with E-state index >= 15 is 0 Å². The van der Waals surface area contributed by atoms with Crippen molar-refractivity contribution in [2.24, 2.45) is 93.7 Å². The number of aliphatic hydroxyl groups is 3. The lowest BCUT2D eigenvalue weighted by Crippen LogP contribution is -2.34. The SMILES string of the molecule is CC1(O)CCOC1=O.CC1(O)COC(=O)C1.CC1C(=O)OCC1(C)C.CC1C(=O)OCCC1O.CC1C2CC3C(=O)OC1C3C2.CC1C2OC(=O)C3CC1C(C)(C)C32.CC1CCOC1=O.CC1COC(=O)C1.CC1COC(=O)C1C. The zero-order valence-corrected chi connectivity index (χ0v) is 49.6.